The highest BCUT2D eigenvalue weighted by Gasteiger charge is 2.07. The lowest BCUT2D eigenvalue weighted by atomic mass is 10.3. The highest BCUT2D eigenvalue weighted by molar-refractivity contribution is 4.76. The summed E-state index contributed by atoms with van der Waals surface area (Å²) in [6.45, 7) is 13.8. The van der Waals surface area contributed by atoms with Gasteiger partial charge in [-0.1, -0.05) is 26.8 Å². The fourth-order valence-corrected chi connectivity index (χ4v) is 1.15. The number of hydrogen-bond acceptors (Lipinski definition) is 1. The zero-order chi connectivity index (χ0) is 9.40. The van der Waals surface area contributed by atoms with Gasteiger partial charge in [0.2, 0.25) is 0 Å². The summed E-state index contributed by atoms with van der Waals surface area (Å²) in [5.74, 6) is 0.833. The molecular formula is C11H23N. The largest absolute Gasteiger partial charge is 0.300 e. The van der Waals surface area contributed by atoms with Gasteiger partial charge in [0.25, 0.3) is 0 Å². The van der Waals surface area contributed by atoms with Crippen molar-refractivity contribution in [1.29, 1.82) is 0 Å². The minimum atomic E-state index is 0.833. The van der Waals surface area contributed by atoms with E-state index >= 15 is 0 Å². The Bertz CT molecular complexity index is 98.8. The van der Waals surface area contributed by atoms with Crippen LogP contribution >= 0.6 is 0 Å². The van der Waals surface area contributed by atoms with Gasteiger partial charge in [0.05, 0.1) is 0 Å². The van der Waals surface area contributed by atoms with Gasteiger partial charge in [-0.3, -0.25) is 4.90 Å². The van der Waals surface area contributed by atoms with Gasteiger partial charge >= 0.3 is 0 Å². The van der Waals surface area contributed by atoms with Crippen molar-refractivity contribution in [3.63, 3.8) is 0 Å². The molecule has 12 heavy (non-hydrogen) atoms. The molecule has 0 N–H and O–H groups in total. The molecule has 0 bridgehead atoms. The van der Waals surface area contributed by atoms with Crippen molar-refractivity contribution < 1.29 is 0 Å². The predicted octanol–water partition coefficient (Wildman–Crippen LogP) is 2.93. The van der Waals surface area contributed by atoms with E-state index in [4.69, 9.17) is 0 Å². The van der Waals surface area contributed by atoms with Gasteiger partial charge in [-0.25, -0.2) is 0 Å². The summed E-state index contributed by atoms with van der Waals surface area (Å²) in [6, 6.07) is 0. The molecule has 0 aliphatic carbocycles. The highest BCUT2D eigenvalue weighted by atomic mass is 15.1. The van der Waals surface area contributed by atoms with E-state index in [1.165, 1.54) is 25.9 Å². The van der Waals surface area contributed by atoms with Crippen molar-refractivity contribution in [2.45, 2.75) is 33.6 Å². The van der Waals surface area contributed by atoms with Gasteiger partial charge < -0.3 is 0 Å². The highest BCUT2D eigenvalue weighted by Crippen LogP contribution is 2.05. The molecule has 0 aromatic carbocycles. The topological polar surface area (TPSA) is 3.24 Å². The lowest BCUT2D eigenvalue weighted by molar-refractivity contribution is 0.377. The molecule has 0 unspecified atom stereocenters. The van der Waals surface area contributed by atoms with Crippen LogP contribution in [-0.4, -0.2) is 24.5 Å². The minimum Gasteiger partial charge on any atom is -0.300 e. The summed E-state index contributed by atoms with van der Waals surface area (Å²) in [6.07, 6.45) is 4.74. The van der Waals surface area contributed by atoms with E-state index in [1.807, 2.05) is 6.08 Å². The average molecular weight is 169 g/mol. The summed E-state index contributed by atoms with van der Waals surface area (Å²) in [5.41, 5.74) is 0. The van der Waals surface area contributed by atoms with Crippen LogP contribution in [0.4, 0.5) is 0 Å². The molecule has 0 aromatic rings. The third kappa shape index (κ3) is 7.80. The minimum absolute atomic E-state index is 0.833. The number of hydrogen-bond donors (Lipinski definition) is 0. The van der Waals surface area contributed by atoms with E-state index in [1.54, 1.807) is 0 Å². The maximum absolute atomic E-state index is 3.68. The van der Waals surface area contributed by atoms with Gasteiger partial charge in [0.1, 0.15) is 0 Å². The van der Waals surface area contributed by atoms with E-state index in [9.17, 15) is 0 Å². The van der Waals surface area contributed by atoms with E-state index < -0.39 is 0 Å². The monoisotopic (exact) mass is 169 g/mol. The summed E-state index contributed by atoms with van der Waals surface area (Å²) < 4.78 is 0. The van der Waals surface area contributed by atoms with Crippen molar-refractivity contribution in [2.24, 2.45) is 5.92 Å². The molecule has 1 heterocycles. The molecule has 0 aromatic heterocycles. The van der Waals surface area contributed by atoms with Crippen molar-refractivity contribution in [3.05, 3.63) is 12.7 Å². The third-order valence-corrected chi connectivity index (χ3v) is 1.59. The van der Waals surface area contributed by atoms with E-state index in [0.29, 0.717) is 0 Å². The molecule has 1 rings (SSSR count). The number of nitrogens with zero attached hydrogens (tertiary/aromatic N) is 1. The molecule has 0 saturated carbocycles. The average Bonchev–Trinajstić information content (AvgIpc) is 2.39. The molecule has 0 amide bonds. The van der Waals surface area contributed by atoms with Crippen LogP contribution in [0.3, 0.4) is 0 Å². The summed E-state index contributed by atoms with van der Waals surface area (Å²) >= 11 is 0. The quantitative estimate of drug-likeness (QED) is 0.574. The summed E-state index contributed by atoms with van der Waals surface area (Å²) in [7, 11) is 0. The normalized spacial score (nSPS) is 17.3. The second kappa shape index (κ2) is 7.35. The Hall–Kier alpha value is -0.300. The summed E-state index contributed by atoms with van der Waals surface area (Å²) in [4.78, 5) is 2.42. The van der Waals surface area contributed by atoms with Crippen molar-refractivity contribution in [1.82, 2.24) is 4.90 Å². The lowest BCUT2D eigenvalue weighted by Crippen LogP contribution is -2.18. The SMILES string of the molecule is C=CCN1CCCC1.CC(C)C. The molecular weight excluding hydrogens is 146 g/mol. The fraction of sp³-hybridized carbons (Fsp3) is 0.818. The van der Waals surface area contributed by atoms with Gasteiger partial charge in [-0.2, -0.15) is 0 Å². The van der Waals surface area contributed by atoms with Crippen molar-refractivity contribution in [3.8, 4) is 0 Å². The van der Waals surface area contributed by atoms with Crippen LogP contribution in [0.15, 0.2) is 12.7 Å². The van der Waals surface area contributed by atoms with Gasteiger partial charge in [-0.15, -0.1) is 6.58 Å². The van der Waals surface area contributed by atoms with Gasteiger partial charge in [0, 0.05) is 6.54 Å². The van der Waals surface area contributed by atoms with Crippen LogP contribution in [0.5, 0.6) is 0 Å². The molecule has 1 heteroatoms. The second-order valence-corrected chi connectivity index (χ2v) is 4.03. The Morgan fingerprint density at radius 2 is 1.67 bits per heavy atom. The van der Waals surface area contributed by atoms with Crippen LogP contribution in [0, 0.1) is 5.92 Å². The second-order valence-electron chi connectivity index (χ2n) is 4.03. The maximum atomic E-state index is 3.68. The first-order chi connectivity index (χ1) is 5.66. The third-order valence-electron chi connectivity index (χ3n) is 1.59. The zero-order valence-corrected chi connectivity index (χ0v) is 8.84. The Kier molecular flexibility index (Phi) is 7.17. The lowest BCUT2D eigenvalue weighted by Gasteiger charge is -2.09. The molecule has 0 spiro atoms. The Morgan fingerprint density at radius 3 is 2.00 bits per heavy atom. The molecule has 72 valence electrons. The van der Waals surface area contributed by atoms with E-state index in [0.717, 1.165) is 12.5 Å². The van der Waals surface area contributed by atoms with Crippen molar-refractivity contribution >= 4 is 0 Å². The molecule has 1 fully saturated rings. The van der Waals surface area contributed by atoms with Gasteiger partial charge in [0.15, 0.2) is 0 Å². The van der Waals surface area contributed by atoms with Crippen LogP contribution in [0.1, 0.15) is 33.6 Å². The maximum Gasteiger partial charge on any atom is 0.0160 e. The number of rotatable bonds is 2. The molecule has 0 atom stereocenters. The molecule has 1 aliphatic rings. The van der Waals surface area contributed by atoms with E-state index in [2.05, 4.69) is 32.3 Å². The Balaban J connectivity index is 0.000000261. The standard InChI is InChI=1S/C7H13N.C4H10/c1-2-5-8-6-3-4-7-8;1-4(2)3/h2H,1,3-7H2;4H,1-3H3. The van der Waals surface area contributed by atoms with Crippen LogP contribution in [-0.2, 0) is 0 Å². The van der Waals surface area contributed by atoms with Crippen LogP contribution in [0.25, 0.3) is 0 Å². The first kappa shape index (κ1) is 11.7. The number of likely N-dealkylation sites (tertiary alicyclic amines) is 1. The first-order valence-corrected chi connectivity index (χ1v) is 5.00. The smallest absolute Gasteiger partial charge is 0.0160 e. The van der Waals surface area contributed by atoms with E-state index in [-0.39, 0.29) is 0 Å². The zero-order valence-electron chi connectivity index (χ0n) is 8.84. The fourth-order valence-electron chi connectivity index (χ4n) is 1.15. The Labute approximate surface area is 77.5 Å². The van der Waals surface area contributed by atoms with Crippen LogP contribution < -0.4 is 0 Å². The van der Waals surface area contributed by atoms with Gasteiger partial charge in [-0.05, 0) is 31.8 Å². The predicted molar refractivity (Wildman–Crippen MR) is 56.4 cm³/mol. The molecule has 0 radical (unpaired) electrons. The molecule has 1 saturated heterocycles. The van der Waals surface area contributed by atoms with Crippen molar-refractivity contribution in [2.75, 3.05) is 19.6 Å². The van der Waals surface area contributed by atoms with Crippen LogP contribution in [0.2, 0.25) is 0 Å². The Morgan fingerprint density at radius 1 is 1.25 bits per heavy atom. The molecule has 1 nitrogen and oxygen atoms in total. The first-order valence-electron chi connectivity index (χ1n) is 5.00. The summed E-state index contributed by atoms with van der Waals surface area (Å²) in [5, 5.41) is 0. The molecule has 1 aliphatic heterocycles.